The summed E-state index contributed by atoms with van der Waals surface area (Å²) in [7, 11) is 0. The van der Waals surface area contributed by atoms with E-state index in [2.05, 4.69) is 9.47 Å². The van der Waals surface area contributed by atoms with Crippen LogP contribution in [0.4, 0.5) is 4.79 Å². The normalized spacial score (nSPS) is 11.9. The van der Waals surface area contributed by atoms with Crippen molar-refractivity contribution >= 4 is 23.7 Å². The Balaban J connectivity index is 3.50. The van der Waals surface area contributed by atoms with Crippen LogP contribution in [0.25, 0.3) is 0 Å². The van der Waals surface area contributed by atoms with E-state index >= 15 is 0 Å². The van der Waals surface area contributed by atoms with Crippen molar-refractivity contribution in [2.75, 3.05) is 6.61 Å². The standard InChI is InChI=1S/C10H18ClNO4/c1-2-3-7-15-10(14)16-9(13)6-4-5-8(11)12/h8H,2-7,12H2,1H3. The molecule has 0 spiro atoms. The largest absolute Gasteiger partial charge is 0.516 e. The Bertz CT molecular complexity index is 221. The Morgan fingerprint density at radius 2 is 2.06 bits per heavy atom. The third kappa shape index (κ3) is 9.73. The molecule has 0 aliphatic heterocycles. The van der Waals surface area contributed by atoms with Gasteiger partial charge in [0.1, 0.15) is 0 Å². The second kappa shape index (κ2) is 9.42. The molecular weight excluding hydrogens is 234 g/mol. The number of hydrogen-bond donors (Lipinski definition) is 1. The number of unbranched alkanes of at least 4 members (excludes halogenated alkanes) is 1. The lowest BCUT2D eigenvalue weighted by Crippen LogP contribution is -2.16. The van der Waals surface area contributed by atoms with Gasteiger partial charge in [-0.25, -0.2) is 4.79 Å². The van der Waals surface area contributed by atoms with Gasteiger partial charge in [-0.1, -0.05) is 13.3 Å². The summed E-state index contributed by atoms with van der Waals surface area (Å²) >= 11 is 5.49. The lowest BCUT2D eigenvalue weighted by atomic mass is 10.2. The maximum atomic E-state index is 11.1. The maximum absolute atomic E-state index is 11.1. The van der Waals surface area contributed by atoms with Crippen molar-refractivity contribution in [2.24, 2.45) is 5.73 Å². The molecule has 94 valence electrons. The van der Waals surface area contributed by atoms with E-state index in [-0.39, 0.29) is 13.0 Å². The minimum absolute atomic E-state index is 0.114. The molecule has 0 rings (SSSR count). The third-order valence-corrected chi connectivity index (χ3v) is 1.99. The Labute approximate surface area is 100 Å². The SMILES string of the molecule is CCCCOC(=O)OC(=O)CCCC(N)Cl. The van der Waals surface area contributed by atoms with Crippen LogP contribution in [0.2, 0.25) is 0 Å². The summed E-state index contributed by atoms with van der Waals surface area (Å²) in [6.07, 6.45) is 1.84. The fraction of sp³-hybridized carbons (Fsp3) is 0.800. The number of halogens is 1. The highest BCUT2D eigenvalue weighted by Crippen LogP contribution is 2.03. The molecule has 0 aromatic rings. The van der Waals surface area contributed by atoms with Gasteiger partial charge in [0.05, 0.1) is 12.1 Å². The molecule has 0 heterocycles. The number of ether oxygens (including phenoxy) is 2. The summed E-state index contributed by atoms with van der Waals surface area (Å²) < 4.78 is 9.04. The van der Waals surface area contributed by atoms with E-state index in [1.807, 2.05) is 6.92 Å². The molecule has 1 unspecified atom stereocenters. The van der Waals surface area contributed by atoms with Crippen molar-refractivity contribution < 1.29 is 19.1 Å². The smallest absolute Gasteiger partial charge is 0.434 e. The quantitative estimate of drug-likeness (QED) is 0.247. The molecule has 0 amide bonds. The average molecular weight is 252 g/mol. The highest BCUT2D eigenvalue weighted by Gasteiger charge is 2.11. The van der Waals surface area contributed by atoms with Crippen LogP contribution >= 0.6 is 11.6 Å². The number of carbonyl (C=O) groups is 2. The Morgan fingerprint density at radius 3 is 2.62 bits per heavy atom. The van der Waals surface area contributed by atoms with Gasteiger partial charge in [0.25, 0.3) is 0 Å². The van der Waals surface area contributed by atoms with E-state index in [4.69, 9.17) is 17.3 Å². The molecule has 6 heteroatoms. The molecule has 0 fully saturated rings. The van der Waals surface area contributed by atoms with Gasteiger partial charge >= 0.3 is 12.1 Å². The molecule has 0 saturated heterocycles. The molecule has 5 nitrogen and oxygen atoms in total. The molecule has 0 bridgehead atoms. The van der Waals surface area contributed by atoms with E-state index in [9.17, 15) is 9.59 Å². The molecule has 2 N–H and O–H groups in total. The van der Waals surface area contributed by atoms with Gasteiger partial charge in [0, 0.05) is 6.42 Å². The van der Waals surface area contributed by atoms with Gasteiger partial charge in [0.15, 0.2) is 0 Å². The molecule has 0 aromatic carbocycles. The minimum atomic E-state index is -0.936. The van der Waals surface area contributed by atoms with Gasteiger partial charge < -0.3 is 15.2 Å². The molecule has 0 radical (unpaired) electrons. The van der Waals surface area contributed by atoms with Crippen molar-refractivity contribution in [3.63, 3.8) is 0 Å². The fourth-order valence-corrected chi connectivity index (χ4v) is 1.07. The van der Waals surface area contributed by atoms with Crippen LogP contribution in [-0.2, 0) is 14.3 Å². The zero-order valence-electron chi connectivity index (χ0n) is 9.41. The first-order chi connectivity index (χ1) is 7.56. The average Bonchev–Trinajstić information content (AvgIpc) is 2.17. The summed E-state index contributed by atoms with van der Waals surface area (Å²) in [5, 5.41) is 0. The van der Waals surface area contributed by atoms with Crippen LogP contribution in [-0.4, -0.2) is 24.2 Å². The molecule has 0 aliphatic rings. The van der Waals surface area contributed by atoms with Crippen LogP contribution in [0, 0.1) is 0 Å². The minimum Gasteiger partial charge on any atom is -0.434 e. The van der Waals surface area contributed by atoms with Gasteiger partial charge in [-0.3, -0.25) is 4.79 Å². The van der Waals surface area contributed by atoms with Crippen LogP contribution in [0.1, 0.15) is 39.0 Å². The van der Waals surface area contributed by atoms with Crippen molar-refractivity contribution in [2.45, 2.75) is 44.5 Å². The highest BCUT2D eigenvalue weighted by molar-refractivity contribution is 6.20. The van der Waals surface area contributed by atoms with E-state index in [0.717, 1.165) is 12.8 Å². The molecule has 0 aliphatic carbocycles. The van der Waals surface area contributed by atoms with E-state index in [1.54, 1.807) is 0 Å². The maximum Gasteiger partial charge on any atom is 0.516 e. The summed E-state index contributed by atoms with van der Waals surface area (Å²) in [5.41, 5.74) is 4.81. The van der Waals surface area contributed by atoms with E-state index < -0.39 is 17.6 Å². The van der Waals surface area contributed by atoms with E-state index in [1.165, 1.54) is 0 Å². The highest BCUT2D eigenvalue weighted by atomic mass is 35.5. The second-order valence-corrected chi connectivity index (χ2v) is 3.89. The summed E-state index contributed by atoms with van der Waals surface area (Å²) in [6, 6.07) is 0. The number of nitrogens with two attached hydrogens (primary N) is 1. The second-order valence-electron chi connectivity index (χ2n) is 3.33. The lowest BCUT2D eigenvalue weighted by Gasteiger charge is -2.04. The van der Waals surface area contributed by atoms with Crippen LogP contribution in [0.5, 0.6) is 0 Å². The first-order valence-electron chi connectivity index (χ1n) is 5.33. The van der Waals surface area contributed by atoms with Gasteiger partial charge in [-0.05, 0) is 19.3 Å². The zero-order valence-corrected chi connectivity index (χ0v) is 10.2. The van der Waals surface area contributed by atoms with Crippen LogP contribution in [0.3, 0.4) is 0 Å². The van der Waals surface area contributed by atoms with Crippen molar-refractivity contribution in [1.82, 2.24) is 0 Å². The van der Waals surface area contributed by atoms with Gasteiger partial charge in [-0.15, -0.1) is 11.6 Å². The molecule has 16 heavy (non-hydrogen) atoms. The number of alkyl halides is 1. The first kappa shape index (κ1) is 15.2. The van der Waals surface area contributed by atoms with Gasteiger partial charge in [0.2, 0.25) is 0 Å². The van der Waals surface area contributed by atoms with Crippen molar-refractivity contribution in [1.29, 1.82) is 0 Å². The van der Waals surface area contributed by atoms with Gasteiger partial charge in [-0.2, -0.15) is 0 Å². The Kier molecular flexibility index (Phi) is 8.94. The van der Waals surface area contributed by atoms with Crippen LogP contribution < -0.4 is 5.73 Å². The number of hydrogen-bond acceptors (Lipinski definition) is 5. The number of carbonyl (C=O) groups excluding carboxylic acids is 2. The fourth-order valence-electron chi connectivity index (χ4n) is 0.915. The van der Waals surface area contributed by atoms with Crippen molar-refractivity contribution in [3.05, 3.63) is 0 Å². The number of rotatable bonds is 7. The zero-order chi connectivity index (χ0) is 12.4. The third-order valence-electron chi connectivity index (χ3n) is 1.78. The molecule has 1 atom stereocenters. The van der Waals surface area contributed by atoms with Crippen LogP contribution in [0.15, 0.2) is 0 Å². The topological polar surface area (TPSA) is 78.6 Å². The Hall–Kier alpha value is -0.810. The summed E-state index contributed by atoms with van der Waals surface area (Å²) in [6.45, 7) is 2.24. The Morgan fingerprint density at radius 1 is 1.38 bits per heavy atom. The monoisotopic (exact) mass is 251 g/mol. The lowest BCUT2D eigenvalue weighted by molar-refractivity contribution is -0.139. The molecular formula is C10H18ClNO4. The van der Waals surface area contributed by atoms with Crippen molar-refractivity contribution in [3.8, 4) is 0 Å². The molecule has 0 saturated carbocycles. The molecule has 0 aromatic heterocycles. The number of esters is 1. The predicted molar refractivity (Wildman–Crippen MR) is 60.0 cm³/mol. The predicted octanol–water partition coefficient (Wildman–Crippen LogP) is 2.16. The van der Waals surface area contributed by atoms with E-state index in [0.29, 0.717) is 12.8 Å². The summed E-state index contributed by atoms with van der Waals surface area (Å²) in [5.74, 6) is -0.612. The summed E-state index contributed by atoms with van der Waals surface area (Å²) in [4.78, 5) is 22.0. The first-order valence-corrected chi connectivity index (χ1v) is 5.77.